The van der Waals surface area contributed by atoms with Gasteiger partial charge in [-0.15, -0.1) is 0 Å². The smallest absolute Gasteiger partial charge is 0.270 e. The Kier molecular flexibility index (Phi) is 5.65. The van der Waals surface area contributed by atoms with Crippen LogP contribution in [0.4, 0.5) is 5.69 Å². The maximum absolute atomic E-state index is 12.9. The number of piperazine rings is 1. The number of benzene rings is 2. The lowest BCUT2D eigenvalue weighted by atomic mass is 10.0. The van der Waals surface area contributed by atoms with Gasteiger partial charge in [-0.25, -0.2) is 0 Å². The average molecular weight is 455 g/mol. The highest BCUT2D eigenvalue weighted by Gasteiger charge is 2.27. The quantitative estimate of drug-likeness (QED) is 0.586. The van der Waals surface area contributed by atoms with Gasteiger partial charge in [0.1, 0.15) is 11.6 Å². The van der Waals surface area contributed by atoms with Gasteiger partial charge >= 0.3 is 0 Å². The molecule has 0 saturated carbocycles. The minimum absolute atomic E-state index is 0.122. The molecule has 0 radical (unpaired) electrons. The summed E-state index contributed by atoms with van der Waals surface area (Å²) in [4.78, 5) is 29.5. The average Bonchev–Trinajstić information content (AvgIpc) is 2.77. The first-order chi connectivity index (χ1) is 14.8. The second-order valence-electron chi connectivity index (χ2n) is 7.63. The minimum atomic E-state index is -0.317. The first kappa shape index (κ1) is 21.2. The topological polar surface area (TPSA) is 69.3 Å². The van der Waals surface area contributed by atoms with Gasteiger partial charge in [-0.3, -0.25) is 9.59 Å². The lowest BCUT2D eigenvalue weighted by molar-refractivity contribution is 0.0747. The molecule has 4 rings (SSSR count). The zero-order chi connectivity index (χ0) is 22.3. The van der Waals surface area contributed by atoms with Gasteiger partial charge in [0.25, 0.3) is 11.5 Å². The molecular weight excluding hydrogens is 435 g/mol. The van der Waals surface area contributed by atoms with Crippen LogP contribution in [0.1, 0.15) is 21.5 Å². The third kappa shape index (κ3) is 3.76. The summed E-state index contributed by atoms with van der Waals surface area (Å²) >= 11 is 12.0. The number of halogens is 2. The number of carbonyl (C=O) groups is 1. The van der Waals surface area contributed by atoms with Gasteiger partial charge in [0.15, 0.2) is 0 Å². The maximum atomic E-state index is 12.9. The summed E-state index contributed by atoms with van der Waals surface area (Å²) in [6, 6.07) is 12.8. The Labute approximate surface area is 189 Å². The Balaban J connectivity index is 1.66. The van der Waals surface area contributed by atoms with Crippen LogP contribution < -0.4 is 10.5 Å². The first-order valence-electron chi connectivity index (χ1n) is 9.84. The zero-order valence-electron chi connectivity index (χ0n) is 17.2. The van der Waals surface area contributed by atoms with E-state index in [1.54, 1.807) is 30.1 Å². The number of rotatable bonds is 2. The van der Waals surface area contributed by atoms with Crippen LogP contribution in [0.2, 0.25) is 10.0 Å². The fourth-order valence-electron chi connectivity index (χ4n) is 4.02. The van der Waals surface area contributed by atoms with E-state index in [4.69, 9.17) is 23.2 Å². The van der Waals surface area contributed by atoms with Crippen LogP contribution in [0.15, 0.2) is 41.2 Å². The van der Waals surface area contributed by atoms with Gasteiger partial charge in [-0.05, 0) is 37.3 Å². The number of aromatic nitrogens is 1. The zero-order valence-corrected chi connectivity index (χ0v) is 18.7. The number of nitrogens with zero attached hydrogens (tertiary/aromatic N) is 4. The molecule has 0 unspecified atom stereocenters. The van der Waals surface area contributed by atoms with Crippen LogP contribution in [0.5, 0.6) is 0 Å². The van der Waals surface area contributed by atoms with E-state index in [1.165, 1.54) is 4.57 Å². The minimum Gasteiger partial charge on any atom is -0.366 e. The summed E-state index contributed by atoms with van der Waals surface area (Å²) in [6.45, 7) is 3.93. The second-order valence-corrected chi connectivity index (χ2v) is 8.44. The molecular formula is C23H20Cl2N4O2. The third-order valence-electron chi connectivity index (χ3n) is 5.69. The molecule has 1 aromatic heterocycles. The number of carbonyl (C=O) groups excluding carboxylic acids is 1. The van der Waals surface area contributed by atoms with Crippen LogP contribution in [0.3, 0.4) is 0 Å². The maximum Gasteiger partial charge on any atom is 0.270 e. The monoisotopic (exact) mass is 454 g/mol. The van der Waals surface area contributed by atoms with Crippen molar-refractivity contribution in [2.24, 2.45) is 7.05 Å². The number of anilines is 1. The molecule has 1 amide bonds. The molecule has 0 atom stereocenters. The Hall–Kier alpha value is -3.01. The highest BCUT2D eigenvalue weighted by atomic mass is 35.5. The molecule has 2 aromatic carbocycles. The number of nitriles is 1. The molecule has 0 N–H and O–H groups in total. The van der Waals surface area contributed by atoms with Gasteiger partial charge in [0, 0.05) is 44.2 Å². The van der Waals surface area contributed by atoms with E-state index >= 15 is 0 Å². The molecule has 8 heteroatoms. The van der Waals surface area contributed by atoms with Crippen molar-refractivity contribution >= 4 is 45.7 Å². The van der Waals surface area contributed by atoms with Gasteiger partial charge in [-0.1, -0.05) is 34.8 Å². The summed E-state index contributed by atoms with van der Waals surface area (Å²) < 4.78 is 1.51. The molecule has 6 nitrogen and oxygen atoms in total. The van der Waals surface area contributed by atoms with Gasteiger partial charge in [0.05, 0.1) is 21.2 Å². The summed E-state index contributed by atoms with van der Waals surface area (Å²) in [7, 11) is 1.68. The van der Waals surface area contributed by atoms with Crippen LogP contribution in [0.25, 0.3) is 10.9 Å². The van der Waals surface area contributed by atoms with Crippen molar-refractivity contribution in [2.45, 2.75) is 6.92 Å². The standard InChI is InChI=1S/C23H20Cl2N4O2/c1-14-3-6-20-16(11-14)21(17(13-26)23(31)27(20)2)28-7-9-29(10-8-28)22(30)15-4-5-18(24)19(25)12-15/h3-6,11-12H,7-10H2,1-2H3. The third-order valence-corrected chi connectivity index (χ3v) is 6.42. The molecule has 158 valence electrons. The van der Waals surface area contributed by atoms with Crippen molar-refractivity contribution in [3.63, 3.8) is 0 Å². The molecule has 3 aromatic rings. The van der Waals surface area contributed by atoms with E-state index in [-0.39, 0.29) is 17.0 Å². The number of aryl methyl sites for hydroxylation is 2. The van der Waals surface area contributed by atoms with Crippen molar-refractivity contribution < 1.29 is 4.79 Å². The summed E-state index contributed by atoms with van der Waals surface area (Å²) in [5.74, 6) is -0.122. The van der Waals surface area contributed by atoms with E-state index in [9.17, 15) is 14.9 Å². The Morgan fingerprint density at radius 3 is 2.39 bits per heavy atom. The predicted molar refractivity (Wildman–Crippen MR) is 123 cm³/mol. The number of pyridine rings is 1. The van der Waals surface area contributed by atoms with Crippen LogP contribution in [-0.2, 0) is 7.05 Å². The fraction of sp³-hybridized carbons (Fsp3) is 0.261. The van der Waals surface area contributed by atoms with Crippen molar-refractivity contribution in [3.8, 4) is 6.07 Å². The molecule has 2 heterocycles. The molecule has 1 aliphatic rings. The SMILES string of the molecule is Cc1ccc2c(c1)c(N1CCN(C(=O)c3ccc(Cl)c(Cl)c3)CC1)c(C#N)c(=O)n2C. The lowest BCUT2D eigenvalue weighted by Gasteiger charge is -2.37. The molecule has 1 aliphatic heterocycles. The van der Waals surface area contributed by atoms with E-state index in [2.05, 4.69) is 6.07 Å². The van der Waals surface area contributed by atoms with Crippen molar-refractivity contribution in [3.05, 3.63) is 73.5 Å². The van der Waals surface area contributed by atoms with E-state index in [1.807, 2.05) is 30.0 Å². The molecule has 0 bridgehead atoms. The van der Waals surface area contributed by atoms with E-state index in [0.29, 0.717) is 47.5 Å². The summed E-state index contributed by atoms with van der Waals surface area (Å²) in [6.07, 6.45) is 0. The highest BCUT2D eigenvalue weighted by Crippen LogP contribution is 2.30. The number of fused-ring (bicyclic) bond motifs is 1. The van der Waals surface area contributed by atoms with Crippen molar-refractivity contribution in [1.82, 2.24) is 9.47 Å². The first-order valence-corrected chi connectivity index (χ1v) is 10.6. The number of hydrogen-bond donors (Lipinski definition) is 0. The highest BCUT2D eigenvalue weighted by molar-refractivity contribution is 6.42. The van der Waals surface area contributed by atoms with Crippen molar-refractivity contribution in [2.75, 3.05) is 31.1 Å². The lowest BCUT2D eigenvalue weighted by Crippen LogP contribution is -2.49. The summed E-state index contributed by atoms with van der Waals surface area (Å²) in [5.41, 5.74) is 2.76. The predicted octanol–water partition coefficient (Wildman–Crippen LogP) is 3.99. The van der Waals surface area contributed by atoms with Crippen LogP contribution >= 0.6 is 23.2 Å². The Morgan fingerprint density at radius 2 is 1.74 bits per heavy atom. The van der Waals surface area contributed by atoms with Gasteiger partial charge in [0.2, 0.25) is 0 Å². The van der Waals surface area contributed by atoms with Gasteiger partial charge in [-0.2, -0.15) is 5.26 Å². The van der Waals surface area contributed by atoms with Crippen LogP contribution in [0, 0.1) is 18.3 Å². The van der Waals surface area contributed by atoms with E-state index in [0.717, 1.165) is 16.5 Å². The number of hydrogen-bond acceptors (Lipinski definition) is 4. The fourth-order valence-corrected chi connectivity index (χ4v) is 4.32. The Bertz CT molecular complexity index is 1300. The Morgan fingerprint density at radius 1 is 1.03 bits per heavy atom. The van der Waals surface area contributed by atoms with E-state index < -0.39 is 0 Å². The molecule has 0 spiro atoms. The van der Waals surface area contributed by atoms with Gasteiger partial charge < -0.3 is 14.4 Å². The molecule has 0 aliphatic carbocycles. The molecule has 31 heavy (non-hydrogen) atoms. The molecule has 1 saturated heterocycles. The normalized spacial score (nSPS) is 14.0. The second kappa shape index (κ2) is 8.26. The largest absolute Gasteiger partial charge is 0.366 e. The number of amides is 1. The van der Waals surface area contributed by atoms with Crippen LogP contribution in [-0.4, -0.2) is 41.6 Å². The summed E-state index contributed by atoms with van der Waals surface area (Å²) in [5, 5.41) is 11.3. The molecule has 1 fully saturated rings. The van der Waals surface area contributed by atoms with Crippen molar-refractivity contribution in [1.29, 1.82) is 5.26 Å².